The van der Waals surface area contributed by atoms with Gasteiger partial charge in [-0.15, -0.1) is 0 Å². The number of carbonyl (C=O) groups excluding carboxylic acids is 1. The van der Waals surface area contributed by atoms with Crippen molar-refractivity contribution >= 4 is 5.91 Å². The van der Waals surface area contributed by atoms with Crippen molar-refractivity contribution in [1.82, 2.24) is 20.1 Å². The molecule has 0 unspecified atom stereocenters. The maximum Gasteiger partial charge on any atom is 0.271 e. The van der Waals surface area contributed by atoms with Crippen molar-refractivity contribution < 1.29 is 4.79 Å². The van der Waals surface area contributed by atoms with E-state index >= 15 is 0 Å². The molecule has 0 bridgehead atoms. The molecule has 0 saturated carbocycles. The van der Waals surface area contributed by atoms with Crippen molar-refractivity contribution in [2.45, 2.75) is 6.42 Å². The van der Waals surface area contributed by atoms with Crippen LogP contribution in [0.5, 0.6) is 0 Å². The predicted molar refractivity (Wildman–Crippen MR) is 67.5 cm³/mol. The standard InChI is InChI=1S/C12H15N5O/c1-14-12(18)11-3-5-17(16-11)10-6-9(2-4-13)7-15-8-10/h3,5-8H,2,4,13H2,1H3,(H,14,18). The van der Waals surface area contributed by atoms with Gasteiger partial charge in [0.25, 0.3) is 5.91 Å². The maximum absolute atomic E-state index is 11.4. The van der Waals surface area contributed by atoms with Gasteiger partial charge in [0.2, 0.25) is 0 Å². The zero-order valence-corrected chi connectivity index (χ0v) is 10.1. The quantitative estimate of drug-likeness (QED) is 0.801. The van der Waals surface area contributed by atoms with Crippen molar-refractivity contribution in [2.24, 2.45) is 5.73 Å². The van der Waals surface area contributed by atoms with Gasteiger partial charge < -0.3 is 11.1 Å². The molecule has 3 N–H and O–H groups in total. The molecule has 0 aromatic carbocycles. The van der Waals surface area contributed by atoms with Crippen LogP contribution in [0.3, 0.4) is 0 Å². The highest BCUT2D eigenvalue weighted by Gasteiger charge is 2.08. The topological polar surface area (TPSA) is 85.8 Å². The van der Waals surface area contributed by atoms with E-state index in [0.717, 1.165) is 17.7 Å². The summed E-state index contributed by atoms with van der Waals surface area (Å²) in [5.74, 6) is -0.208. The number of aromatic nitrogens is 3. The van der Waals surface area contributed by atoms with E-state index in [0.29, 0.717) is 12.2 Å². The van der Waals surface area contributed by atoms with Gasteiger partial charge in [0.1, 0.15) is 0 Å². The van der Waals surface area contributed by atoms with Gasteiger partial charge in [0.15, 0.2) is 5.69 Å². The molecule has 0 fully saturated rings. The molecule has 0 aliphatic heterocycles. The van der Waals surface area contributed by atoms with Crippen LogP contribution >= 0.6 is 0 Å². The summed E-state index contributed by atoms with van der Waals surface area (Å²) in [5, 5.41) is 6.72. The molecule has 18 heavy (non-hydrogen) atoms. The lowest BCUT2D eigenvalue weighted by molar-refractivity contribution is 0.0957. The molecular weight excluding hydrogens is 230 g/mol. The number of hydrogen-bond acceptors (Lipinski definition) is 4. The molecule has 1 amide bonds. The Balaban J connectivity index is 2.28. The highest BCUT2D eigenvalue weighted by Crippen LogP contribution is 2.09. The molecule has 0 saturated heterocycles. The third kappa shape index (κ3) is 2.54. The molecule has 2 aromatic rings. The van der Waals surface area contributed by atoms with Gasteiger partial charge in [-0.2, -0.15) is 5.10 Å². The predicted octanol–water partition coefficient (Wildman–Crippen LogP) is 0.128. The number of amides is 1. The maximum atomic E-state index is 11.4. The van der Waals surface area contributed by atoms with E-state index in [2.05, 4.69) is 15.4 Å². The van der Waals surface area contributed by atoms with Gasteiger partial charge in [-0.3, -0.25) is 9.78 Å². The highest BCUT2D eigenvalue weighted by atomic mass is 16.1. The van der Waals surface area contributed by atoms with Crippen LogP contribution in [0, 0.1) is 0 Å². The van der Waals surface area contributed by atoms with Crippen molar-refractivity contribution in [3.05, 3.63) is 42.0 Å². The van der Waals surface area contributed by atoms with E-state index in [1.54, 1.807) is 36.4 Å². The lowest BCUT2D eigenvalue weighted by atomic mass is 10.2. The zero-order chi connectivity index (χ0) is 13.0. The van der Waals surface area contributed by atoms with Crippen molar-refractivity contribution in [3.8, 4) is 5.69 Å². The van der Waals surface area contributed by atoms with E-state index < -0.39 is 0 Å². The van der Waals surface area contributed by atoms with Crippen molar-refractivity contribution in [2.75, 3.05) is 13.6 Å². The van der Waals surface area contributed by atoms with Crippen LogP contribution in [0.2, 0.25) is 0 Å². The molecule has 2 rings (SSSR count). The van der Waals surface area contributed by atoms with Gasteiger partial charge in [-0.1, -0.05) is 0 Å². The van der Waals surface area contributed by atoms with Crippen LogP contribution in [-0.4, -0.2) is 34.3 Å². The second kappa shape index (κ2) is 5.42. The van der Waals surface area contributed by atoms with Crippen molar-refractivity contribution in [1.29, 1.82) is 0 Å². The third-order valence-corrected chi connectivity index (χ3v) is 2.53. The summed E-state index contributed by atoms with van der Waals surface area (Å²) in [6, 6.07) is 3.62. The second-order valence-electron chi connectivity index (χ2n) is 3.81. The second-order valence-corrected chi connectivity index (χ2v) is 3.81. The van der Waals surface area contributed by atoms with Crippen LogP contribution in [0.15, 0.2) is 30.7 Å². The molecule has 94 valence electrons. The molecule has 0 aliphatic rings. The Kier molecular flexibility index (Phi) is 3.69. The molecule has 2 heterocycles. The zero-order valence-electron chi connectivity index (χ0n) is 10.1. The first-order valence-corrected chi connectivity index (χ1v) is 5.66. The van der Waals surface area contributed by atoms with E-state index in [4.69, 9.17) is 5.73 Å². The largest absolute Gasteiger partial charge is 0.354 e. The fraction of sp³-hybridized carbons (Fsp3) is 0.250. The van der Waals surface area contributed by atoms with Crippen LogP contribution in [0.4, 0.5) is 0 Å². The summed E-state index contributed by atoms with van der Waals surface area (Å²) in [5.41, 5.74) is 7.75. The molecule has 6 nitrogen and oxygen atoms in total. The number of hydrogen-bond donors (Lipinski definition) is 2. The Bertz CT molecular complexity index is 549. The SMILES string of the molecule is CNC(=O)c1ccn(-c2cncc(CCN)c2)n1. The molecule has 0 radical (unpaired) electrons. The van der Waals surface area contributed by atoms with Crippen molar-refractivity contribution in [3.63, 3.8) is 0 Å². The Hall–Kier alpha value is -2.21. The molecule has 0 aliphatic carbocycles. The summed E-state index contributed by atoms with van der Waals surface area (Å²) in [7, 11) is 1.57. The summed E-state index contributed by atoms with van der Waals surface area (Å²) in [6.45, 7) is 0.577. The first kappa shape index (κ1) is 12.3. The van der Waals surface area contributed by atoms with Crippen LogP contribution in [0.25, 0.3) is 5.69 Å². The average molecular weight is 245 g/mol. The van der Waals surface area contributed by atoms with Gasteiger partial charge in [0.05, 0.1) is 11.9 Å². The first-order chi connectivity index (χ1) is 8.74. The number of pyridine rings is 1. The number of carbonyl (C=O) groups is 1. The summed E-state index contributed by atoms with van der Waals surface area (Å²) >= 11 is 0. The molecular formula is C12H15N5O. The number of nitrogens with two attached hydrogens (primary N) is 1. The van der Waals surface area contributed by atoms with E-state index in [9.17, 15) is 4.79 Å². The Morgan fingerprint density at radius 1 is 1.50 bits per heavy atom. The lowest BCUT2D eigenvalue weighted by Gasteiger charge is -2.03. The minimum absolute atomic E-state index is 0.208. The Morgan fingerprint density at radius 2 is 2.33 bits per heavy atom. The molecule has 0 atom stereocenters. The minimum Gasteiger partial charge on any atom is -0.354 e. The number of rotatable bonds is 4. The normalized spacial score (nSPS) is 10.3. The summed E-state index contributed by atoms with van der Waals surface area (Å²) in [6.07, 6.45) is 5.97. The fourth-order valence-electron chi connectivity index (χ4n) is 1.62. The van der Waals surface area contributed by atoms with E-state index in [1.165, 1.54) is 0 Å². The highest BCUT2D eigenvalue weighted by molar-refractivity contribution is 5.91. The van der Waals surface area contributed by atoms with Gasteiger partial charge in [-0.25, -0.2) is 4.68 Å². The first-order valence-electron chi connectivity index (χ1n) is 5.66. The van der Waals surface area contributed by atoms with Gasteiger partial charge >= 0.3 is 0 Å². The summed E-state index contributed by atoms with van der Waals surface area (Å²) < 4.78 is 1.62. The number of nitrogens with zero attached hydrogens (tertiary/aromatic N) is 3. The Labute approximate surface area is 105 Å². The summed E-state index contributed by atoms with van der Waals surface area (Å²) in [4.78, 5) is 15.5. The molecule has 0 spiro atoms. The smallest absolute Gasteiger partial charge is 0.271 e. The monoisotopic (exact) mass is 245 g/mol. The van der Waals surface area contributed by atoms with Crippen LogP contribution < -0.4 is 11.1 Å². The lowest BCUT2D eigenvalue weighted by Crippen LogP contribution is -2.18. The third-order valence-electron chi connectivity index (χ3n) is 2.53. The van der Waals surface area contributed by atoms with Crippen LogP contribution in [0.1, 0.15) is 16.1 Å². The molecule has 6 heteroatoms. The van der Waals surface area contributed by atoms with Gasteiger partial charge in [-0.05, 0) is 30.7 Å². The Morgan fingerprint density at radius 3 is 3.06 bits per heavy atom. The minimum atomic E-state index is -0.208. The number of nitrogens with one attached hydrogen (secondary N) is 1. The van der Waals surface area contributed by atoms with E-state index in [-0.39, 0.29) is 5.91 Å². The van der Waals surface area contributed by atoms with E-state index in [1.807, 2.05) is 6.07 Å². The molecule has 2 aromatic heterocycles. The van der Waals surface area contributed by atoms with Crippen LogP contribution in [-0.2, 0) is 6.42 Å². The van der Waals surface area contributed by atoms with Gasteiger partial charge in [0, 0.05) is 19.4 Å². The fourth-order valence-corrected chi connectivity index (χ4v) is 1.62. The average Bonchev–Trinajstić information content (AvgIpc) is 2.88.